The van der Waals surface area contributed by atoms with Crippen molar-refractivity contribution in [3.05, 3.63) is 95.0 Å². The molecule has 0 aliphatic heterocycles. The second-order valence-corrected chi connectivity index (χ2v) is 7.96. The lowest BCUT2D eigenvalue weighted by atomic mass is 9.81. The Hall–Kier alpha value is -3.52. The summed E-state index contributed by atoms with van der Waals surface area (Å²) < 4.78 is 11.1. The molecule has 0 radical (unpaired) electrons. The first-order valence-corrected chi connectivity index (χ1v) is 10.8. The number of amides is 1. The molecule has 0 bridgehead atoms. The van der Waals surface area contributed by atoms with Gasteiger partial charge in [0, 0.05) is 27.9 Å². The van der Waals surface area contributed by atoms with Crippen LogP contribution in [0.15, 0.2) is 78.3 Å². The Morgan fingerprint density at radius 1 is 0.848 bits per heavy atom. The van der Waals surface area contributed by atoms with Crippen LogP contribution in [0.2, 0.25) is 0 Å². The molecule has 0 aliphatic carbocycles. The molecule has 2 aromatic rings. The van der Waals surface area contributed by atoms with Crippen molar-refractivity contribution in [3.8, 4) is 0 Å². The first-order valence-electron chi connectivity index (χ1n) is 10.0. The molecule has 2 rings (SSSR count). The summed E-state index contributed by atoms with van der Waals surface area (Å²) in [5.41, 5.74) is 6.40. The largest absolute Gasteiger partial charge is 0.461 e. The van der Waals surface area contributed by atoms with Gasteiger partial charge in [-0.25, -0.2) is 0 Å². The minimum Gasteiger partial charge on any atom is -0.461 e. The molecule has 0 aromatic heterocycles. The lowest BCUT2D eigenvalue weighted by Crippen LogP contribution is -2.34. The molecule has 1 unspecified atom stereocenters. The van der Waals surface area contributed by atoms with Crippen LogP contribution in [0.4, 0.5) is 0 Å². The van der Waals surface area contributed by atoms with E-state index in [1.165, 1.54) is 36.4 Å². The molecule has 0 spiro atoms. The fourth-order valence-corrected chi connectivity index (χ4v) is 3.43. The highest BCUT2D eigenvalue weighted by molar-refractivity contribution is 9.10. The van der Waals surface area contributed by atoms with E-state index in [0.717, 1.165) is 4.47 Å². The first-order chi connectivity index (χ1) is 15.8. The Bertz CT molecular complexity index is 1010. The first kappa shape index (κ1) is 25.7. The maximum Gasteiger partial charge on any atom is 0.321 e. The molecule has 0 saturated heterocycles. The quantitative estimate of drug-likeness (QED) is 0.199. The summed E-state index contributed by atoms with van der Waals surface area (Å²) in [5.74, 6) is -4.85. The van der Waals surface area contributed by atoms with E-state index in [2.05, 4.69) is 29.1 Å². The van der Waals surface area contributed by atoms with Gasteiger partial charge in [0.15, 0.2) is 11.7 Å². The number of carbonyl (C=O) groups is 4. The highest BCUT2D eigenvalue weighted by Crippen LogP contribution is 2.33. The predicted octanol–water partition coefficient (Wildman–Crippen LogP) is 3.98. The van der Waals surface area contributed by atoms with Crippen LogP contribution in [-0.4, -0.2) is 36.8 Å². The van der Waals surface area contributed by atoms with Crippen LogP contribution in [0.5, 0.6) is 0 Å². The Morgan fingerprint density at radius 2 is 1.33 bits per heavy atom. The third-order valence-electron chi connectivity index (χ3n) is 4.79. The van der Waals surface area contributed by atoms with Crippen molar-refractivity contribution in [2.24, 2.45) is 11.7 Å². The average Bonchev–Trinajstić information content (AvgIpc) is 2.81. The summed E-state index contributed by atoms with van der Waals surface area (Å²) in [7, 11) is 0. The molecular weight excluding hydrogens is 490 g/mol. The van der Waals surface area contributed by atoms with Gasteiger partial charge in [-0.1, -0.05) is 65.5 Å². The fraction of sp³-hybridized carbons (Fsp3) is 0.200. The second-order valence-electron chi connectivity index (χ2n) is 7.04. The number of carbonyl (C=O) groups excluding carboxylic acids is 4. The second kappa shape index (κ2) is 12.5. The third kappa shape index (κ3) is 7.25. The van der Waals surface area contributed by atoms with Crippen LogP contribution in [0.25, 0.3) is 0 Å². The number of hydrogen-bond donors (Lipinski definition) is 1. The number of primary amides is 1. The Kier molecular flexibility index (Phi) is 9.75. The smallest absolute Gasteiger partial charge is 0.321 e. The van der Waals surface area contributed by atoms with E-state index < -0.39 is 29.7 Å². The normalized spacial score (nSPS) is 11.3. The van der Waals surface area contributed by atoms with Crippen molar-refractivity contribution in [2.45, 2.75) is 12.3 Å². The van der Waals surface area contributed by atoms with Gasteiger partial charge in [0.1, 0.15) is 13.2 Å². The molecule has 2 aromatic carbocycles. The van der Waals surface area contributed by atoms with Crippen LogP contribution in [0.3, 0.4) is 0 Å². The molecule has 8 heteroatoms. The standard InChI is InChI=1S/C25H24BrNO6/c1-3-13-32-24(30)22(25(31)33-14-4-2)20(16-9-11-19(26)12-10-16)15-21(28)17-5-7-18(8-6-17)23(27)29/h3-12,20,22H,1-2,13-15H2,(H2,27,29). The molecular formula is C25H24BrNO6. The number of esters is 2. The van der Waals surface area contributed by atoms with E-state index >= 15 is 0 Å². The molecule has 1 amide bonds. The van der Waals surface area contributed by atoms with Gasteiger partial charge in [0.25, 0.3) is 0 Å². The average molecular weight is 514 g/mol. The van der Waals surface area contributed by atoms with Crippen molar-refractivity contribution in [1.29, 1.82) is 0 Å². The summed E-state index contributed by atoms with van der Waals surface area (Å²) in [4.78, 5) is 50.1. The lowest BCUT2D eigenvalue weighted by Gasteiger charge is -2.24. The SMILES string of the molecule is C=CCOC(=O)C(C(=O)OCC=C)C(CC(=O)c1ccc(C(N)=O)cc1)c1ccc(Br)cc1. The zero-order valence-electron chi connectivity index (χ0n) is 17.9. The van der Waals surface area contributed by atoms with Crippen LogP contribution >= 0.6 is 15.9 Å². The van der Waals surface area contributed by atoms with Crippen molar-refractivity contribution in [2.75, 3.05) is 13.2 Å². The van der Waals surface area contributed by atoms with Gasteiger partial charge in [0.05, 0.1) is 0 Å². The van der Waals surface area contributed by atoms with E-state index in [9.17, 15) is 19.2 Å². The van der Waals surface area contributed by atoms with Crippen molar-refractivity contribution in [1.82, 2.24) is 0 Å². The highest BCUT2D eigenvalue weighted by atomic mass is 79.9. The Balaban J connectivity index is 2.45. The minimum atomic E-state index is -1.39. The van der Waals surface area contributed by atoms with Crippen LogP contribution in [0, 0.1) is 5.92 Å². The zero-order valence-corrected chi connectivity index (χ0v) is 19.5. The molecule has 172 valence electrons. The van der Waals surface area contributed by atoms with Gasteiger partial charge >= 0.3 is 11.9 Å². The molecule has 1 atom stereocenters. The van der Waals surface area contributed by atoms with Gasteiger partial charge < -0.3 is 15.2 Å². The van der Waals surface area contributed by atoms with E-state index in [0.29, 0.717) is 11.1 Å². The number of benzene rings is 2. The van der Waals surface area contributed by atoms with Crippen LogP contribution < -0.4 is 5.73 Å². The summed E-state index contributed by atoms with van der Waals surface area (Å²) in [6.07, 6.45) is 2.57. The zero-order chi connectivity index (χ0) is 24.4. The summed E-state index contributed by atoms with van der Waals surface area (Å²) in [6, 6.07) is 12.8. The number of ether oxygens (including phenoxy) is 2. The lowest BCUT2D eigenvalue weighted by molar-refractivity contribution is -0.162. The molecule has 33 heavy (non-hydrogen) atoms. The summed E-state index contributed by atoms with van der Waals surface area (Å²) in [6.45, 7) is 6.82. The maximum absolute atomic E-state index is 13.1. The van der Waals surface area contributed by atoms with Crippen molar-refractivity contribution in [3.63, 3.8) is 0 Å². The number of Topliss-reactive ketones (excluding diaryl/α,β-unsaturated/α-hetero) is 1. The fourth-order valence-electron chi connectivity index (χ4n) is 3.16. The number of halogens is 1. The molecule has 2 N–H and O–H groups in total. The van der Waals surface area contributed by atoms with Crippen LogP contribution in [-0.2, 0) is 19.1 Å². The molecule has 0 aliphatic rings. The van der Waals surface area contributed by atoms with Gasteiger partial charge in [0.2, 0.25) is 5.91 Å². The highest BCUT2D eigenvalue weighted by Gasteiger charge is 2.39. The van der Waals surface area contributed by atoms with Gasteiger partial charge in [-0.2, -0.15) is 0 Å². The monoisotopic (exact) mass is 513 g/mol. The topological polar surface area (TPSA) is 113 Å². The predicted molar refractivity (Wildman–Crippen MR) is 127 cm³/mol. The third-order valence-corrected chi connectivity index (χ3v) is 5.32. The van der Waals surface area contributed by atoms with Gasteiger partial charge in [-0.05, 0) is 29.8 Å². The van der Waals surface area contributed by atoms with Gasteiger partial charge in [-0.15, -0.1) is 0 Å². The van der Waals surface area contributed by atoms with Gasteiger partial charge in [-0.3, -0.25) is 19.2 Å². The van der Waals surface area contributed by atoms with E-state index in [4.69, 9.17) is 15.2 Å². The summed E-state index contributed by atoms with van der Waals surface area (Å²) in [5, 5.41) is 0. The van der Waals surface area contributed by atoms with E-state index in [1.54, 1.807) is 24.3 Å². The van der Waals surface area contributed by atoms with E-state index in [-0.39, 0.29) is 31.0 Å². The summed E-state index contributed by atoms with van der Waals surface area (Å²) >= 11 is 3.35. The molecule has 0 saturated carbocycles. The number of hydrogen-bond acceptors (Lipinski definition) is 6. The number of rotatable bonds is 12. The Labute approximate surface area is 200 Å². The minimum absolute atomic E-state index is 0.0976. The van der Waals surface area contributed by atoms with Crippen molar-refractivity contribution >= 4 is 39.6 Å². The Morgan fingerprint density at radius 3 is 1.79 bits per heavy atom. The van der Waals surface area contributed by atoms with E-state index in [1.807, 2.05) is 0 Å². The maximum atomic E-state index is 13.1. The van der Waals surface area contributed by atoms with Crippen LogP contribution in [0.1, 0.15) is 38.6 Å². The van der Waals surface area contributed by atoms with Crippen molar-refractivity contribution < 1.29 is 28.7 Å². The molecule has 0 fully saturated rings. The molecule has 7 nitrogen and oxygen atoms in total. The molecule has 0 heterocycles. The number of nitrogens with two attached hydrogens (primary N) is 1. The number of ketones is 1.